The van der Waals surface area contributed by atoms with Gasteiger partial charge in [0.25, 0.3) is 8.32 Å². The SMILES string of the molecule is CC(C)(C)[Si](C)(C)O/C(=C(/F)C(F)(F)C(F)(F)C(F)(F)C(F)(F)C(F)(F)F)c1ccc(F)cc1. The summed E-state index contributed by atoms with van der Waals surface area (Å²) < 4.78 is 180. The van der Waals surface area contributed by atoms with E-state index in [1.807, 2.05) is 0 Å². The van der Waals surface area contributed by atoms with Gasteiger partial charge < -0.3 is 4.43 Å². The van der Waals surface area contributed by atoms with Gasteiger partial charge in [-0.25, -0.2) is 8.78 Å². The van der Waals surface area contributed by atoms with Crippen LogP contribution in [0, 0.1) is 5.82 Å². The van der Waals surface area contributed by atoms with E-state index in [0.717, 1.165) is 0 Å². The van der Waals surface area contributed by atoms with Gasteiger partial charge in [-0.15, -0.1) is 0 Å². The minimum atomic E-state index is -7.79. The van der Waals surface area contributed by atoms with Crippen LogP contribution in [0.5, 0.6) is 0 Å². The van der Waals surface area contributed by atoms with Gasteiger partial charge in [0.2, 0.25) is 5.83 Å². The number of benzene rings is 1. The predicted octanol–water partition coefficient (Wildman–Crippen LogP) is 8.59. The van der Waals surface area contributed by atoms with E-state index in [0.29, 0.717) is 24.3 Å². The van der Waals surface area contributed by atoms with Crippen LogP contribution in [0.25, 0.3) is 5.76 Å². The highest BCUT2D eigenvalue weighted by molar-refractivity contribution is 6.74. The lowest BCUT2D eigenvalue weighted by Gasteiger charge is -2.39. The van der Waals surface area contributed by atoms with E-state index < -0.39 is 66.2 Å². The van der Waals surface area contributed by atoms with Crippen LogP contribution in [0.1, 0.15) is 26.3 Å². The molecule has 0 unspecified atom stereocenters. The van der Waals surface area contributed by atoms with E-state index in [1.54, 1.807) is 0 Å². The molecule has 1 nitrogen and oxygen atoms in total. The van der Waals surface area contributed by atoms with Crippen LogP contribution >= 0.6 is 0 Å². The molecule has 0 bridgehead atoms. The second-order valence-electron chi connectivity index (χ2n) is 8.81. The molecular formula is C19H19F13OSi. The predicted molar refractivity (Wildman–Crippen MR) is 98.6 cm³/mol. The Balaban J connectivity index is 3.88. The maximum atomic E-state index is 14.9. The van der Waals surface area contributed by atoms with Gasteiger partial charge in [0.05, 0.1) is 0 Å². The molecule has 0 amide bonds. The van der Waals surface area contributed by atoms with Gasteiger partial charge in [-0.3, -0.25) is 0 Å². The Labute approximate surface area is 186 Å². The van der Waals surface area contributed by atoms with Crippen molar-refractivity contribution in [2.24, 2.45) is 0 Å². The molecular weight excluding hydrogens is 519 g/mol. The quantitative estimate of drug-likeness (QED) is 0.192. The lowest BCUT2D eigenvalue weighted by atomic mass is 9.96. The maximum absolute atomic E-state index is 14.9. The zero-order valence-corrected chi connectivity index (χ0v) is 19.1. The summed E-state index contributed by atoms with van der Waals surface area (Å²) in [5, 5.41) is -0.955. The molecule has 0 spiro atoms. The highest BCUT2D eigenvalue weighted by atomic mass is 28.4. The van der Waals surface area contributed by atoms with Crippen molar-refractivity contribution in [1.29, 1.82) is 0 Å². The Hall–Kier alpha value is -1.93. The lowest BCUT2D eigenvalue weighted by Crippen LogP contribution is -2.66. The fraction of sp³-hybridized carbons (Fsp3) is 0.579. The molecule has 0 heterocycles. The van der Waals surface area contributed by atoms with Gasteiger partial charge in [0, 0.05) is 5.56 Å². The first-order chi connectivity index (χ1) is 14.8. The largest absolute Gasteiger partial charge is 0.541 e. The summed E-state index contributed by atoms with van der Waals surface area (Å²) >= 11 is 0. The van der Waals surface area contributed by atoms with Crippen LogP contribution in [-0.2, 0) is 4.43 Å². The fourth-order valence-electron chi connectivity index (χ4n) is 2.09. The summed E-state index contributed by atoms with van der Waals surface area (Å²) in [5.74, 6) is -36.4. The topological polar surface area (TPSA) is 9.23 Å². The third kappa shape index (κ3) is 4.89. The molecule has 0 N–H and O–H groups in total. The highest BCUT2D eigenvalue weighted by Gasteiger charge is 2.88. The second-order valence-corrected chi connectivity index (χ2v) is 13.5. The molecule has 1 aromatic rings. The normalized spacial score (nSPS) is 15.8. The smallest absolute Gasteiger partial charge is 0.460 e. The minimum absolute atomic E-state index is 0.528. The van der Waals surface area contributed by atoms with Crippen molar-refractivity contribution in [3.63, 3.8) is 0 Å². The summed E-state index contributed by atoms with van der Waals surface area (Å²) in [7, 11) is -3.46. The summed E-state index contributed by atoms with van der Waals surface area (Å²) in [6.07, 6.45) is -7.38. The van der Waals surface area contributed by atoms with Crippen LogP contribution in [-0.4, -0.2) is 38.2 Å². The zero-order chi connectivity index (χ0) is 27.3. The molecule has 0 fully saturated rings. The van der Waals surface area contributed by atoms with Crippen LogP contribution in [0.3, 0.4) is 0 Å². The average Bonchev–Trinajstić information content (AvgIpc) is 2.64. The average molecular weight is 538 g/mol. The molecule has 0 aliphatic rings. The van der Waals surface area contributed by atoms with Crippen molar-refractivity contribution in [3.8, 4) is 0 Å². The van der Waals surface area contributed by atoms with Gasteiger partial charge in [0.1, 0.15) is 11.6 Å². The number of alkyl halides is 11. The summed E-state index contributed by atoms with van der Waals surface area (Å²) in [4.78, 5) is 0. The fourth-order valence-corrected chi connectivity index (χ4v) is 3.12. The summed E-state index contributed by atoms with van der Waals surface area (Å²) in [5.41, 5.74) is -0.884. The first-order valence-electron chi connectivity index (χ1n) is 9.19. The molecule has 0 radical (unpaired) electrons. The van der Waals surface area contributed by atoms with Gasteiger partial charge in [-0.1, -0.05) is 20.8 Å². The maximum Gasteiger partial charge on any atom is 0.460 e. The summed E-state index contributed by atoms with van der Waals surface area (Å²) in [6, 6.07) is 2.13. The summed E-state index contributed by atoms with van der Waals surface area (Å²) in [6.45, 7) is 6.93. The second kappa shape index (κ2) is 8.62. The molecule has 196 valence electrons. The van der Waals surface area contributed by atoms with Crippen LogP contribution < -0.4 is 0 Å². The number of halogens is 13. The standard InChI is InChI=1S/C19H19F13OSi/c1-14(2,3)34(4,5)33-12(10-6-8-11(20)9-7-10)13(21)15(22,23)16(24,25)17(26,27)18(28,29)19(30,31)32/h6-9H,1-5H3/b13-12+. The Kier molecular flexibility index (Phi) is 7.63. The van der Waals surface area contributed by atoms with E-state index in [9.17, 15) is 57.1 Å². The molecule has 1 aromatic carbocycles. The Morgan fingerprint density at radius 3 is 1.47 bits per heavy atom. The number of hydrogen-bond acceptors (Lipinski definition) is 1. The number of rotatable bonds is 7. The molecule has 0 saturated heterocycles. The Bertz CT molecular complexity index is 910. The third-order valence-corrected chi connectivity index (χ3v) is 9.61. The lowest BCUT2D eigenvalue weighted by molar-refractivity contribution is -0.419. The van der Waals surface area contributed by atoms with Crippen molar-refractivity contribution in [3.05, 3.63) is 41.5 Å². The van der Waals surface area contributed by atoms with E-state index in [4.69, 9.17) is 4.43 Å². The molecule has 0 atom stereocenters. The zero-order valence-electron chi connectivity index (χ0n) is 18.1. The molecule has 1 rings (SSSR count). The van der Waals surface area contributed by atoms with Gasteiger partial charge >= 0.3 is 29.9 Å². The Morgan fingerprint density at radius 2 is 1.12 bits per heavy atom. The molecule has 15 heteroatoms. The van der Waals surface area contributed by atoms with Crippen molar-refractivity contribution >= 4 is 14.1 Å². The van der Waals surface area contributed by atoms with Crippen molar-refractivity contribution < 1.29 is 61.5 Å². The van der Waals surface area contributed by atoms with E-state index in [1.165, 1.54) is 33.9 Å². The molecule has 0 aliphatic carbocycles. The third-order valence-electron chi connectivity index (χ3n) is 5.28. The van der Waals surface area contributed by atoms with E-state index in [-0.39, 0.29) is 0 Å². The van der Waals surface area contributed by atoms with Crippen molar-refractivity contribution in [2.75, 3.05) is 0 Å². The molecule has 0 aliphatic heterocycles. The number of allylic oxidation sites excluding steroid dienone is 1. The van der Waals surface area contributed by atoms with Crippen molar-refractivity contribution in [2.45, 2.75) is 68.8 Å². The van der Waals surface area contributed by atoms with Crippen LogP contribution in [0.2, 0.25) is 18.1 Å². The first kappa shape index (κ1) is 30.1. The number of hydrogen-bond donors (Lipinski definition) is 0. The van der Waals surface area contributed by atoms with Crippen LogP contribution in [0.15, 0.2) is 30.1 Å². The van der Waals surface area contributed by atoms with Gasteiger partial charge in [0.15, 0.2) is 0 Å². The van der Waals surface area contributed by atoms with Crippen molar-refractivity contribution in [1.82, 2.24) is 0 Å². The van der Waals surface area contributed by atoms with Gasteiger partial charge in [-0.05, 0) is 42.4 Å². The molecule has 0 aromatic heterocycles. The minimum Gasteiger partial charge on any atom is -0.541 e. The van der Waals surface area contributed by atoms with E-state index >= 15 is 0 Å². The molecule has 34 heavy (non-hydrogen) atoms. The first-order valence-corrected chi connectivity index (χ1v) is 12.1. The van der Waals surface area contributed by atoms with E-state index in [2.05, 4.69) is 0 Å². The Morgan fingerprint density at radius 1 is 0.706 bits per heavy atom. The van der Waals surface area contributed by atoms with Crippen LogP contribution in [0.4, 0.5) is 57.1 Å². The van der Waals surface area contributed by atoms with Gasteiger partial charge in [-0.2, -0.15) is 48.3 Å². The highest BCUT2D eigenvalue weighted by Crippen LogP contribution is 2.59. The molecule has 0 saturated carbocycles. The monoisotopic (exact) mass is 538 g/mol.